The highest BCUT2D eigenvalue weighted by molar-refractivity contribution is 9.09. The number of rotatable bonds is 2. The van der Waals surface area contributed by atoms with Gasteiger partial charge in [-0.1, -0.05) is 66.9 Å². The maximum atomic E-state index is 3.81. The molecule has 2 unspecified atom stereocenters. The maximum absolute atomic E-state index is 3.81. The summed E-state index contributed by atoms with van der Waals surface area (Å²) < 4.78 is 0. The van der Waals surface area contributed by atoms with Gasteiger partial charge in [0.1, 0.15) is 0 Å². The summed E-state index contributed by atoms with van der Waals surface area (Å²) >= 11 is 3.81. The third kappa shape index (κ3) is 3.58. The van der Waals surface area contributed by atoms with E-state index in [9.17, 15) is 0 Å². The van der Waals surface area contributed by atoms with Crippen LogP contribution in [0.1, 0.15) is 68.9 Å². The monoisotopic (exact) mass is 294 g/mol. The van der Waals surface area contributed by atoms with Crippen LogP contribution < -0.4 is 0 Å². The van der Waals surface area contributed by atoms with Gasteiger partial charge in [-0.3, -0.25) is 0 Å². The molecule has 0 nitrogen and oxygen atoms in total. The molecule has 17 heavy (non-hydrogen) atoms. The van der Waals surface area contributed by atoms with Crippen molar-refractivity contribution in [3.63, 3.8) is 0 Å². The van der Waals surface area contributed by atoms with E-state index in [-0.39, 0.29) is 0 Å². The summed E-state index contributed by atoms with van der Waals surface area (Å²) in [6, 6.07) is 9.33. The molecule has 0 bridgehead atoms. The second-order valence-electron chi connectivity index (χ2n) is 5.64. The Bertz CT molecular complexity index is 339. The largest absolute Gasteiger partial charge is 0.0890 e. The van der Waals surface area contributed by atoms with E-state index in [1.54, 1.807) is 5.56 Å². The van der Waals surface area contributed by atoms with Gasteiger partial charge in [0.25, 0.3) is 0 Å². The third-order valence-electron chi connectivity index (χ3n) is 3.93. The summed E-state index contributed by atoms with van der Waals surface area (Å²) in [7, 11) is 0. The lowest BCUT2D eigenvalue weighted by molar-refractivity contribution is 0.599. The van der Waals surface area contributed by atoms with Crippen LogP contribution in [0.3, 0.4) is 0 Å². The Labute approximate surface area is 114 Å². The number of halogens is 1. The molecule has 0 aliphatic heterocycles. The lowest BCUT2D eigenvalue weighted by atomic mass is 9.90. The average Bonchev–Trinajstić information content (AvgIpc) is 2.54. The first-order valence-electron chi connectivity index (χ1n) is 6.90. The van der Waals surface area contributed by atoms with Crippen LogP contribution in [-0.4, -0.2) is 4.83 Å². The van der Waals surface area contributed by atoms with E-state index in [1.165, 1.54) is 37.7 Å². The molecule has 1 aromatic carbocycles. The quantitative estimate of drug-likeness (QED) is 0.490. The maximum Gasteiger partial charge on any atom is 0.0151 e. The summed E-state index contributed by atoms with van der Waals surface area (Å²) in [6.07, 6.45) is 6.79. The van der Waals surface area contributed by atoms with Crippen LogP contribution >= 0.6 is 15.9 Å². The number of alkyl halides is 1. The molecule has 0 amide bonds. The van der Waals surface area contributed by atoms with Crippen molar-refractivity contribution in [3.05, 3.63) is 35.4 Å². The Morgan fingerprint density at radius 2 is 1.71 bits per heavy atom. The molecule has 2 rings (SSSR count). The fourth-order valence-electron chi connectivity index (χ4n) is 2.76. The zero-order valence-electron chi connectivity index (χ0n) is 11.0. The summed E-state index contributed by atoms with van der Waals surface area (Å²) in [5, 5.41) is 0. The van der Waals surface area contributed by atoms with E-state index in [0.29, 0.717) is 5.92 Å². The normalized spacial score (nSPS) is 25.9. The predicted octanol–water partition coefficient (Wildman–Crippen LogP) is 5.62. The Kier molecular flexibility index (Phi) is 4.67. The first-order chi connectivity index (χ1) is 8.16. The fourth-order valence-corrected chi connectivity index (χ4v) is 3.53. The van der Waals surface area contributed by atoms with Gasteiger partial charge in [0, 0.05) is 4.83 Å². The molecule has 1 aromatic rings. The van der Waals surface area contributed by atoms with Crippen LogP contribution in [0.5, 0.6) is 0 Å². The molecule has 1 fully saturated rings. The molecule has 0 radical (unpaired) electrons. The van der Waals surface area contributed by atoms with E-state index in [2.05, 4.69) is 54.0 Å². The molecule has 0 N–H and O–H groups in total. The summed E-state index contributed by atoms with van der Waals surface area (Å²) in [6.45, 7) is 4.52. The Morgan fingerprint density at radius 3 is 2.35 bits per heavy atom. The second-order valence-corrected chi connectivity index (χ2v) is 6.93. The van der Waals surface area contributed by atoms with Gasteiger partial charge in [-0.25, -0.2) is 0 Å². The van der Waals surface area contributed by atoms with Crippen molar-refractivity contribution < 1.29 is 0 Å². The van der Waals surface area contributed by atoms with Crippen molar-refractivity contribution in [2.75, 3.05) is 0 Å². The third-order valence-corrected chi connectivity index (χ3v) is 4.77. The molecule has 94 valence electrons. The average molecular weight is 295 g/mol. The highest BCUT2D eigenvalue weighted by atomic mass is 79.9. The van der Waals surface area contributed by atoms with Gasteiger partial charge in [0.05, 0.1) is 0 Å². The second kappa shape index (κ2) is 6.04. The van der Waals surface area contributed by atoms with Crippen molar-refractivity contribution in [2.24, 2.45) is 0 Å². The molecular weight excluding hydrogens is 272 g/mol. The fraction of sp³-hybridized carbons (Fsp3) is 0.625. The molecular formula is C16H23Br. The van der Waals surface area contributed by atoms with Crippen molar-refractivity contribution in [1.29, 1.82) is 0 Å². The highest BCUT2D eigenvalue weighted by Crippen LogP contribution is 2.35. The van der Waals surface area contributed by atoms with Gasteiger partial charge in [-0.15, -0.1) is 0 Å². The molecule has 1 heteroatoms. The highest BCUT2D eigenvalue weighted by Gasteiger charge is 2.19. The van der Waals surface area contributed by atoms with Crippen LogP contribution in [0.2, 0.25) is 0 Å². The molecule has 1 saturated carbocycles. The van der Waals surface area contributed by atoms with Crippen molar-refractivity contribution in [1.82, 2.24) is 0 Å². The topological polar surface area (TPSA) is 0 Å². The van der Waals surface area contributed by atoms with Gasteiger partial charge in [0.15, 0.2) is 0 Å². The van der Waals surface area contributed by atoms with Gasteiger partial charge in [-0.05, 0) is 42.2 Å². The van der Waals surface area contributed by atoms with E-state index < -0.39 is 0 Å². The lowest BCUT2D eigenvalue weighted by Crippen LogP contribution is -2.04. The zero-order valence-corrected chi connectivity index (χ0v) is 12.5. The van der Waals surface area contributed by atoms with Crippen molar-refractivity contribution in [2.45, 2.75) is 62.6 Å². The molecule has 1 aliphatic rings. The first-order valence-corrected chi connectivity index (χ1v) is 7.82. The molecule has 0 aromatic heterocycles. The van der Waals surface area contributed by atoms with E-state index in [4.69, 9.17) is 0 Å². The minimum atomic E-state index is 0.641. The summed E-state index contributed by atoms with van der Waals surface area (Å²) in [4.78, 5) is 0.722. The minimum absolute atomic E-state index is 0.641. The number of hydrogen-bond donors (Lipinski definition) is 0. The van der Waals surface area contributed by atoms with E-state index in [0.717, 1.165) is 10.7 Å². The molecule has 1 aliphatic carbocycles. The van der Waals surface area contributed by atoms with Crippen LogP contribution in [0.4, 0.5) is 0 Å². The molecule has 0 saturated heterocycles. The van der Waals surface area contributed by atoms with Gasteiger partial charge < -0.3 is 0 Å². The van der Waals surface area contributed by atoms with Gasteiger partial charge in [0.2, 0.25) is 0 Å². The number of hydrogen-bond acceptors (Lipinski definition) is 0. The van der Waals surface area contributed by atoms with Crippen LogP contribution in [0.15, 0.2) is 24.3 Å². The summed E-state index contributed by atoms with van der Waals surface area (Å²) in [5.74, 6) is 1.41. The molecule has 2 atom stereocenters. The lowest BCUT2D eigenvalue weighted by Gasteiger charge is -2.17. The Hall–Kier alpha value is -0.300. The van der Waals surface area contributed by atoms with Crippen LogP contribution in [0, 0.1) is 0 Å². The van der Waals surface area contributed by atoms with Crippen molar-refractivity contribution >= 4 is 15.9 Å². The smallest absolute Gasteiger partial charge is 0.0151 e. The Morgan fingerprint density at radius 1 is 1.06 bits per heavy atom. The van der Waals surface area contributed by atoms with Gasteiger partial charge >= 0.3 is 0 Å². The summed E-state index contributed by atoms with van der Waals surface area (Å²) in [5.41, 5.74) is 3.00. The first kappa shape index (κ1) is 13.1. The zero-order chi connectivity index (χ0) is 12.3. The van der Waals surface area contributed by atoms with Gasteiger partial charge in [-0.2, -0.15) is 0 Å². The van der Waals surface area contributed by atoms with Crippen molar-refractivity contribution in [3.8, 4) is 0 Å². The molecule has 0 spiro atoms. The predicted molar refractivity (Wildman–Crippen MR) is 79.1 cm³/mol. The van der Waals surface area contributed by atoms with Crippen LogP contribution in [0.25, 0.3) is 0 Å². The Balaban J connectivity index is 2.10. The van der Waals surface area contributed by atoms with E-state index in [1.807, 2.05) is 0 Å². The SMILES string of the molecule is CC(C)c1ccc(C2CCCCC(Br)C2)cc1. The molecule has 0 heterocycles. The van der Waals surface area contributed by atoms with E-state index >= 15 is 0 Å². The standard InChI is InChI=1S/C16H23Br/c1-12(2)13-7-9-14(10-8-13)15-5-3-4-6-16(17)11-15/h7-10,12,15-16H,3-6,11H2,1-2H3. The van der Waals surface area contributed by atoms with Crippen LogP contribution in [-0.2, 0) is 0 Å². The minimum Gasteiger partial charge on any atom is -0.0890 e. The number of benzene rings is 1.